The Morgan fingerprint density at radius 3 is 0.687 bits per heavy atom. The highest BCUT2D eigenvalue weighted by molar-refractivity contribution is 5.71. The molecule has 0 bridgehead atoms. The average molecular weight is 1170 g/mol. The predicted molar refractivity (Wildman–Crippen MR) is 362 cm³/mol. The minimum absolute atomic E-state index is 0.0735. The van der Waals surface area contributed by atoms with Crippen LogP contribution in [0.2, 0.25) is 0 Å². The second-order valence-corrected chi connectivity index (χ2v) is 25.6. The van der Waals surface area contributed by atoms with E-state index in [0.29, 0.717) is 19.3 Å². The third kappa shape index (κ3) is 70.3. The zero-order chi connectivity index (χ0) is 59.9. The summed E-state index contributed by atoms with van der Waals surface area (Å²) in [6.45, 7) is 6.68. The molecule has 0 aliphatic heterocycles. The molecular weight excluding hydrogens is 1020 g/mol. The van der Waals surface area contributed by atoms with E-state index in [4.69, 9.17) is 14.2 Å². The van der Waals surface area contributed by atoms with E-state index in [9.17, 15) is 14.4 Å². The number of carbonyl (C=O) groups excluding carboxylic acids is 3. The van der Waals surface area contributed by atoms with Crippen LogP contribution in [0.5, 0.6) is 0 Å². The number of hydrogen-bond acceptors (Lipinski definition) is 6. The summed E-state index contributed by atoms with van der Waals surface area (Å²) in [5, 5.41) is 0. The van der Waals surface area contributed by atoms with Crippen molar-refractivity contribution in [2.45, 2.75) is 425 Å². The second kappa shape index (κ2) is 72.1. The Morgan fingerprint density at radius 2 is 0.434 bits per heavy atom. The van der Waals surface area contributed by atoms with Gasteiger partial charge in [-0.25, -0.2) is 0 Å². The normalized spacial score (nSPS) is 12.2. The summed E-state index contributed by atoms with van der Waals surface area (Å²) in [7, 11) is 0. The highest BCUT2D eigenvalue weighted by Gasteiger charge is 2.20. The lowest BCUT2D eigenvalue weighted by molar-refractivity contribution is -0.167. The van der Waals surface area contributed by atoms with Crippen LogP contribution in [-0.2, 0) is 28.6 Å². The molecule has 0 aromatic carbocycles. The topological polar surface area (TPSA) is 78.9 Å². The van der Waals surface area contributed by atoms with Crippen molar-refractivity contribution in [1.82, 2.24) is 0 Å². The summed E-state index contributed by atoms with van der Waals surface area (Å²) in [5.41, 5.74) is 0. The Morgan fingerprint density at radius 1 is 0.241 bits per heavy atom. The minimum Gasteiger partial charge on any atom is -0.462 e. The SMILES string of the molecule is CCCCCC/C=C\C/C=C\CCCCCCCCCC(=O)OC(COC(=O)CCCCCCC/C=C\CCCCCCCC)COC(=O)CCCCCCCCCCCCCCCCCCCCCCCCCCCCCCCCCC. The van der Waals surface area contributed by atoms with Gasteiger partial charge in [-0.15, -0.1) is 0 Å². The van der Waals surface area contributed by atoms with Crippen molar-refractivity contribution in [3.05, 3.63) is 36.5 Å². The molecule has 6 heteroatoms. The molecule has 0 radical (unpaired) electrons. The number of hydrogen-bond donors (Lipinski definition) is 0. The molecule has 488 valence electrons. The Labute approximate surface area is 518 Å². The van der Waals surface area contributed by atoms with Gasteiger partial charge in [0.05, 0.1) is 0 Å². The quantitative estimate of drug-likeness (QED) is 0.0261. The zero-order valence-electron chi connectivity index (χ0n) is 56.2. The first-order valence-electron chi connectivity index (χ1n) is 37.5. The first-order valence-corrected chi connectivity index (χ1v) is 37.5. The predicted octanol–water partition coefficient (Wildman–Crippen LogP) is 25.9. The van der Waals surface area contributed by atoms with E-state index >= 15 is 0 Å². The zero-order valence-corrected chi connectivity index (χ0v) is 56.2. The van der Waals surface area contributed by atoms with E-state index in [1.807, 2.05) is 0 Å². The van der Waals surface area contributed by atoms with Gasteiger partial charge in [0.2, 0.25) is 0 Å². The van der Waals surface area contributed by atoms with Crippen LogP contribution in [0.3, 0.4) is 0 Å². The maximum atomic E-state index is 12.9. The smallest absolute Gasteiger partial charge is 0.306 e. The van der Waals surface area contributed by atoms with Crippen LogP contribution in [0.1, 0.15) is 419 Å². The Kier molecular flexibility index (Phi) is 70.0. The Balaban J connectivity index is 4.16. The fourth-order valence-corrected chi connectivity index (χ4v) is 11.5. The van der Waals surface area contributed by atoms with Gasteiger partial charge in [-0.2, -0.15) is 0 Å². The van der Waals surface area contributed by atoms with Gasteiger partial charge < -0.3 is 14.2 Å². The molecule has 0 aromatic rings. The molecule has 0 heterocycles. The van der Waals surface area contributed by atoms with Crippen molar-refractivity contribution in [2.24, 2.45) is 0 Å². The van der Waals surface area contributed by atoms with Gasteiger partial charge in [0.15, 0.2) is 6.10 Å². The van der Waals surface area contributed by atoms with Gasteiger partial charge in [0, 0.05) is 19.3 Å². The highest BCUT2D eigenvalue weighted by Crippen LogP contribution is 2.19. The van der Waals surface area contributed by atoms with Crippen molar-refractivity contribution in [3.63, 3.8) is 0 Å². The number of unbranched alkanes of at least 4 members (excludes halogenated alkanes) is 53. The van der Waals surface area contributed by atoms with E-state index in [1.165, 1.54) is 302 Å². The molecule has 0 aliphatic rings. The Hall–Kier alpha value is -2.37. The summed E-state index contributed by atoms with van der Waals surface area (Å²) in [5.74, 6) is -0.861. The van der Waals surface area contributed by atoms with Gasteiger partial charge in [-0.3, -0.25) is 14.4 Å². The second-order valence-electron chi connectivity index (χ2n) is 25.6. The van der Waals surface area contributed by atoms with E-state index in [0.717, 1.165) is 77.0 Å². The molecule has 0 spiro atoms. The number of rotatable bonds is 70. The van der Waals surface area contributed by atoms with Crippen LogP contribution < -0.4 is 0 Å². The van der Waals surface area contributed by atoms with Crippen molar-refractivity contribution < 1.29 is 28.6 Å². The molecule has 0 fully saturated rings. The molecule has 0 saturated heterocycles. The van der Waals surface area contributed by atoms with Crippen LogP contribution >= 0.6 is 0 Å². The van der Waals surface area contributed by atoms with Crippen molar-refractivity contribution in [3.8, 4) is 0 Å². The van der Waals surface area contributed by atoms with Crippen LogP contribution in [0.15, 0.2) is 36.5 Å². The third-order valence-corrected chi connectivity index (χ3v) is 17.1. The lowest BCUT2D eigenvalue weighted by Crippen LogP contribution is -2.30. The Bertz CT molecular complexity index is 1380. The molecular formula is C77H144O6. The van der Waals surface area contributed by atoms with E-state index < -0.39 is 6.10 Å². The molecule has 0 N–H and O–H groups in total. The van der Waals surface area contributed by atoms with Gasteiger partial charge in [-0.1, -0.05) is 359 Å². The van der Waals surface area contributed by atoms with Crippen LogP contribution in [0.25, 0.3) is 0 Å². The molecule has 0 aromatic heterocycles. The van der Waals surface area contributed by atoms with Gasteiger partial charge in [0.1, 0.15) is 13.2 Å². The van der Waals surface area contributed by atoms with Gasteiger partial charge in [-0.05, 0) is 77.0 Å². The number of esters is 3. The lowest BCUT2D eigenvalue weighted by Gasteiger charge is -2.18. The van der Waals surface area contributed by atoms with E-state index in [-0.39, 0.29) is 31.1 Å². The minimum atomic E-state index is -0.779. The number of carbonyl (C=O) groups is 3. The van der Waals surface area contributed by atoms with Gasteiger partial charge >= 0.3 is 17.9 Å². The monoisotopic (exact) mass is 1170 g/mol. The summed E-state index contributed by atoms with van der Waals surface area (Å²) in [4.78, 5) is 38.5. The fraction of sp³-hybridized carbons (Fsp3) is 0.883. The first-order chi connectivity index (χ1) is 41.0. The maximum Gasteiger partial charge on any atom is 0.306 e. The molecule has 0 amide bonds. The van der Waals surface area contributed by atoms with Crippen LogP contribution in [0.4, 0.5) is 0 Å². The average Bonchev–Trinajstić information content (AvgIpc) is 3.50. The number of allylic oxidation sites excluding steroid dienone is 6. The molecule has 6 nitrogen and oxygen atoms in total. The van der Waals surface area contributed by atoms with Crippen molar-refractivity contribution in [1.29, 1.82) is 0 Å². The maximum absolute atomic E-state index is 12.9. The standard InChI is InChI=1S/C77H144O6/c1-4-7-10-13-16-19-22-25-28-30-32-33-34-35-36-37-38-39-40-41-42-43-44-45-47-49-52-55-58-61-64-67-70-76(79)82-73-74(72-81-75(78)69-66-63-60-57-54-51-48-27-24-21-18-15-12-9-6-3)83-77(80)71-68-65-62-59-56-53-50-46-31-29-26-23-20-17-14-11-8-5-2/h20,23,27,29,31,48,74H,4-19,21-22,24-26,28,30,32-47,49-73H2,1-3H3/b23-20-,31-29-,48-27-. The summed E-state index contributed by atoms with van der Waals surface area (Å²) in [6.07, 6.45) is 90.6. The lowest BCUT2D eigenvalue weighted by atomic mass is 10.0. The molecule has 1 unspecified atom stereocenters. The molecule has 1 atom stereocenters. The van der Waals surface area contributed by atoms with Crippen molar-refractivity contribution in [2.75, 3.05) is 13.2 Å². The van der Waals surface area contributed by atoms with Gasteiger partial charge in [0.25, 0.3) is 0 Å². The fourth-order valence-electron chi connectivity index (χ4n) is 11.5. The largest absolute Gasteiger partial charge is 0.462 e. The first kappa shape index (κ1) is 80.6. The van der Waals surface area contributed by atoms with Crippen molar-refractivity contribution >= 4 is 17.9 Å². The molecule has 0 rings (SSSR count). The number of ether oxygens (including phenoxy) is 3. The molecule has 0 saturated carbocycles. The van der Waals surface area contributed by atoms with E-state index in [1.54, 1.807) is 0 Å². The summed E-state index contributed by atoms with van der Waals surface area (Å²) >= 11 is 0. The molecule has 83 heavy (non-hydrogen) atoms. The summed E-state index contributed by atoms with van der Waals surface area (Å²) < 4.78 is 17.0. The van der Waals surface area contributed by atoms with Crippen LogP contribution in [0, 0.1) is 0 Å². The van der Waals surface area contributed by atoms with Crippen LogP contribution in [-0.4, -0.2) is 37.2 Å². The highest BCUT2D eigenvalue weighted by atomic mass is 16.6. The molecule has 0 aliphatic carbocycles. The summed E-state index contributed by atoms with van der Waals surface area (Å²) in [6, 6.07) is 0. The van der Waals surface area contributed by atoms with E-state index in [2.05, 4.69) is 57.2 Å². The third-order valence-electron chi connectivity index (χ3n) is 17.1.